The third-order valence-corrected chi connectivity index (χ3v) is 7.10. The van der Waals surface area contributed by atoms with Crippen LogP contribution >= 0.6 is 11.8 Å². The number of aromatic nitrogens is 2. The molecule has 0 unspecified atom stereocenters. The first-order valence-corrected chi connectivity index (χ1v) is 10.1. The number of thioether (sulfide) groups is 1. The SMILES string of the molecule is O=c1c2c(nc3n1CCCS3)-c1ccccc1CC21CCCCC1. The Kier molecular flexibility index (Phi) is 3.37. The van der Waals surface area contributed by atoms with Gasteiger partial charge in [-0.2, -0.15) is 0 Å². The van der Waals surface area contributed by atoms with E-state index in [1.54, 1.807) is 11.8 Å². The van der Waals surface area contributed by atoms with Gasteiger partial charge in [0, 0.05) is 23.3 Å². The van der Waals surface area contributed by atoms with Crippen molar-refractivity contribution in [2.75, 3.05) is 5.75 Å². The fourth-order valence-corrected chi connectivity index (χ4v) is 5.86. The van der Waals surface area contributed by atoms with Crippen LogP contribution in [0.1, 0.15) is 49.7 Å². The maximum atomic E-state index is 13.5. The second kappa shape index (κ2) is 5.48. The minimum Gasteiger partial charge on any atom is -0.287 e. The predicted molar refractivity (Wildman–Crippen MR) is 97.7 cm³/mol. The Balaban J connectivity index is 1.83. The van der Waals surface area contributed by atoms with E-state index in [0.29, 0.717) is 0 Å². The number of fused-ring (bicyclic) bond motifs is 5. The summed E-state index contributed by atoms with van der Waals surface area (Å²) in [5.74, 6) is 1.07. The molecule has 5 rings (SSSR count). The van der Waals surface area contributed by atoms with Gasteiger partial charge in [0.2, 0.25) is 0 Å². The molecule has 0 radical (unpaired) electrons. The van der Waals surface area contributed by atoms with Gasteiger partial charge < -0.3 is 0 Å². The molecule has 124 valence electrons. The van der Waals surface area contributed by atoms with Gasteiger partial charge in [0.05, 0.1) is 11.3 Å². The number of nitrogens with zero attached hydrogens (tertiary/aromatic N) is 2. The van der Waals surface area contributed by atoms with E-state index in [9.17, 15) is 4.79 Å². The predicted octanol–water partition coefficient (Wildman–Crippen LogP) is 4.16. The highest BCUT2D eigenvalue weighted by atomic mass is 32.2. The Bertz CT molecular complexity index is 864. The van der Waals surface area contributed by atoms with Gasteiger partial charge in [-0.25, -0.2) is 4.98 Å². The topological polar surface area (TPSA) is 34.9 Å². The molecule has 2 aromatic rings. The van der Waals surface area contributed by atoms with Gasteiger partial charge in [-0.05, 0) is 31.2 Å². The van der Waals surface area contributed by atoms with Crippen LogP contribution < -0.4 is 5.56 Å². The van der Waals surface area contributed by atoms with Gasteiger partial charge in [0.15, 0.2) is 5.16 Å². The molecule has 3 nitrogen and oxygen atoms in total. The molecule has 24 heavy (non-hydrogen) atoms. The van der Waals surface area contributed by atoms with Crippen molar-refractivity contribution in [3.05, 3.63) is 45.7 Å². The molecule has 4 heteroatoms. The summed E-state index contributed by atoms with van der Waals surface area (Å²) in [6.07, 6.45) is 8.13. The van der Waals surface area contributed by atoms with Gasteiger partial charge in [-0.1, -0.05) is 55.3 Å². The van der Waals surface area contributed by atoms with E-state index in [-0.39, 0.29) is 11.0 Å². The van der Waals surface area contributed by atoms with Crippen LogP contribution in [-0.2, 0) is 18.4 Å². The Morgan fingerprint density at radius 1 is 1.08 bits per heavy atom. The van der Waals surface area contributed by atoms with Crippen LogP contribution in [0, 0.1) is 0 Å². The third-order valence-electron chi connectivity index (χ3n) is 6.03. The quantitative estimate of drug-likeness (QED) is 0.677. The summed E-state index contributed by atoms with van der Waals surface area (Å²) < 4.78 is 1.96. The summed E-state index contributed by atoms with van der Waals surface area (Å²) in [5, 5.41) is 0.924. The first-order chi connectivity index (χ1) is 11.8. The Labute approximate surface area is 146 Å². The molecule has 3 aliphatic rings. The highest BCUT2D eigenvalue weighted by Crippen LogP contribution is 2.48. The summed E-state index contributed by atoms with van der Waals surface area (Å²) in [7, 11) is 0. The molecule has 1 aromatic heterocycles. The highest BCUT2D eigenvalue weighted by molar-refractivity contribution is 7.99. The highest BCUT2D eigenvalue weighted by Gasteiger charge is 2.43. The molecule has 0 atom stereocenters. The Hall–Kier alpha value is -1.55. The van der Waals surface area contributed by atoms with E-state index in [2.05, 4.69) is 24.3 Å². The van der Waals surface area contributed by atoms with E-state index in [0.717, 1.165) is 54.4 Å². The van der Waals surface area contributed by atoms with Crippen LogP contribution in [0.4, 0.5) is 0 Å². The normalized spacial score (nSPS) is 21.0. The largest absolute Gasteiger partial charge is 0.287 e. The lowest BCUT2D eigenvalue weighted by atomic mass is 9.62. The van der Waals surface area contributed by atoms with Crippen molar-refractivity contribution in [2.24, 2.45) is 0 Å². The minimum atomic E-state index is 0.0240. The molecule has 0 amide bonds. The molecule has 2 aliphatic carbocycles. The zero-order valence-electron chi connectivity index (χ0n) is 13.9. The van der Waals surface area contributed by atoms with Gasteiger partial charge in [-0.3, -0.25) is 9.36 Å². The number of rotatable bonds is 0. The molecular formula is C20H22N2OS. The third kappa shape index (κ3) is 2.05. The maximum absolute atomic E-state index is 13.5. The van der Waals surface area contributed by atoms with Crippen molar-refractivity contribution >= 4 is 11.8 Å². The summed E-state index contributed by atoms with van der Waals surface area (Å²) in [6.45, 7) is 0.833. The maximum Gasteiger partial charge on any atom is 0.258 e. The Morgan fingerprint density at radius 2 is 1.92 bits per heavy atom. The van der Waals surface area contributed by atoms with Crippen molar-refractivity contribution in [3.63, 3.8) is 0 Å². The van der Waals surface area contributed by atoms with Crippen LogP contribution in [0.25, 0.3) is 11.3 Å². The zero-order chi connectivity index (χ0) is 16.1. The molecule has 2 heterocycles. The molecule has 1 spiro atoms. The molecule has 1 aliphatic heterocycles. The van der Waals surface area contributed by atoms with E-state index in [1.165, 1.54) is 30.4 Å². The monoisotopic (exact) mass is 338 g/mol. The van der Waals surface area contributed by atoms with Crippen LogP contribution in [0.5, 0.6) is 0 Å². The number of hydrogen-bond acceptors (Lipinski definition) is 3. The second-order valence-corrected chi connectivity index (χ2v) is 8.51. The van der Waals surface area contributed by atoms with Crippen LogP contribution in [0.15, 0.2) is 34.2 Å². The molecule has 0 N–H and O–H groups in total. The van der Waals surface area contributed by atoms with Crippen LogP contribution in [-0.4, -0.2) is 15.3 Å². The lowest BCUT2D eigenvalue weighted by Crippen LogP contribution is -2.43. The fraction of sp³-hybridized carbons (Fsp3) is 0.500. The van der Waals surface area contributed by atoms with Crippen LogP contribution in [0.3, 0.4) is 0 Å². The molecule has 1 fully saturated rings. The second-order valence-electron chi connectivity index (χ2n) is 7.45. The van der Waals surface area contributed by atoms with Crippen molar-refractivity contribution in [3.8, 4) is 11.3 Å². The standard InChI is InChI=1S/C20H22N2OS/c23-18-16-17(21-19-22(18)11-6-12-24-19)15-8-3-2-7-14(15)13-20(16)9-4-1-5-10-20/h2-3,7-8H,1,4-6,9-13H2. The van der Waals surface area contributed by atoms with Crippen LogP contribution in [0.2, 0.25) is 0 Å². The molecular weight excluding hydrogens is 316 g/mol. The minimum absolute atomic E-state index is 0.0240. The average molecular weight is 338 g/mol. The zero-order valence-corrected chi connectivity index (χ0v) is 14.7. The lowest BCUT2D eigenvalue weighted by molar-refractivity contribution is 0.281. The van der Waals surface area contributed by atoms with Crippen molar-refractivity contribution in [2.45, 2.75) is 62.1 Å². The van der Waals surface area contributed by atoms with Gasteiger partial charge in [0.25, 0.3) is 5.56 Å². The summed E-state index contributed by atoms with van der Waals surface area (Å²) in [6, 6.07) is 8.59. The molecule has 1 aromatic carbocycles. The smallest absolute Gasteiger partial charge is 0.258 e. The number of benzene rings is 1. The summed E-state index contributed by atoms with van der Waals surface area (Å²) >= 11 is 1.74. The van der Waals surface area contributed by atoms with Gasteiger partial charge in [-0.15, -0.1) is 0 Å². The molecule has 1 saturated carbocycles. The van der Waals surface area contributed by atoms with E-state index in [4.69, 9.17) is 4.98 Å². The van der Waals surface area contributed by atoms with E-state index < -0.39 is 0 Å². The van der Waals surface area contributed by atoms with Crippen molar-refractivity contribution in [1.82, 2.24) is 9.55 Å². The molecule has 0 saturated heterocycles. The summed E-state index contributed by atoms with van der Waals surface area (Å²) in [4.78, 5) is 18.5. The fourth-order valence-electron chi connectivity index (χ4n) is 4.92. The average Bonchev–Trinajstić information content (AvgIpc) is 2.62. The first kappa shape index (κ1) is 14.8. The number of hydrogen-bond donors (Lipinski definition) is 0. The first-order valence-electron chi connectivity index (χ1n) is 9.15. The van der Waals surface area contributed by atoms with Crippen molar-refractivity contribution < 1.29 is 0 Å². The lowest BCUT2D eigenvalue weighted by Gasteiger charge is -2.42. The van der Waals surface area contributed by atoms with E-state index in [1.807, 2.05) is 4.57 Å². The van der Waals surface area contributed by atoms with Gasteiger partial charge in [0.1, 0.15) is 0 Å². The molecule has 0 bridgehead atoms. The Morgan fingerprint density at radius 3 is 2.79 bits per heavy atom. The van der Waals surface area contributed by atoms with E-state index >= 15 is 0 Å². The summed E-state index contributed by atoms with van der Waals surface area (Å²) in [5.41, 5.74) is 4.87. The van der Waals surface area contributed by atoms with Gasteiger partial charge >= 0.3 is 0 Å². The van der Waals surface area contributed by atoms with Crippen molar-refractivity contribution in [1.29, 1.82) is 0 Å².